The van der Waals surface area contributed by atoms with Gasteiger partial charge in [0.25, 0.3) is 5.56 Å². The number of imidazole rings is 1. The normalized spacial score (nSPS) is 16.1. The molecule has 9 nitrogen and oxygen atoms in total. The van der Waals surface area contributed by atoms with Crippen molar-refractivity contribution in [1.29, 1.82) is 0 Å². The topological polar surface area (TPSA) is 83.5 Å². The molecular weight excluding hydrogens is 314 g/mol. The van der Waals surface area contributed by atoms with Gasteiger partial charge in [0.15, 0.2) is 11.2 Å². The molecule has 0 atom stereocenters. The van der Waals surface area contributed by atoms with Gasteiger partial charge in [0.2, 0.25) is 0 Å². The van der Waals surface area contributed by atoms with Crippen molar-refractivity contribution in [1.82, 2.24) is 23.6 Å². The first-order chi connectivity index (χ1) is 11.5. The zero-order chi connectivity index (χ0) is 17.3. The molecule has 0 radical (unpaired) electrons. The van der Waals surface area contributed by atoms with Crippen LogP contribution in [-0.4, -0.2) is 63.6 Å². The number of nitrogens with zero attached hydrogens (tertiary/aromatic N) is 5. The van der Waals surface area contributed by atoms with Gasteiger partial charge in [0.1, 0.15) is 5.82 Å². The summed E-state index contributed by atoms with van der Waals surface area (Å²) in [5.41, 5.74) is 0.161. The molecule has 24 heavy (non-hydrogen) atoms. The Morgan fingerprint density at radius 3 is 2.54 bits per heavy atom. The molecule has 0 unspecified atom stereocenters. The van der Waals surface area contributed by atoms with Crippen molar-refractivity contribution in [3.8, 4) is 0 Å². The van der Waals surface area contributed by atoms with E-state index in [1.165, 1.54) is 11.6 Å². The lowest BCUT2D eigenvalue weighted by atomic mass is 10.4. The third-order valence-electron chi connectivity index (χ3n) is 4.41. The molecule has 3 heterocycles. The van der Waals surface area contributed by atoms with E-state index in [-0.39, 0.29) is 11.2 Å². The third-order valence-corrected chi connectivity index (χ3v) is 4.41. The number of morpholine rings is 1. The van der Waals surface area contributed by atoms with Crippen LogP contribution in [0.4, 0.5) is 0 Å². The molecule has 0 saturated carbocycles. The second-order valence-electron chi connectivity index (χ2n) is 5.94. The molecule has 3 rings (SSSR count). The highest BCUT2D eigenvalue weighted by Crippen LogP contribution is 2.14. The van der Waals surface area contributed by atoms with Crippen LogP contribution in [0.2, 0.25) is 0 Å². The van der Waals surface area contributed by atoms with Crippen molar-refractivity contribution in [2.24, 2.45) is 14.1 Å². The van der Waals surface area contributed by atoms with Crippen LogP contribution in [0.15, 0.2) is 9.59 Å². The summed E-state index contributed by atoms with van der Waals surface area (Å²) in [4.78, 5) is 31.6. The highest BCUT2D eigenvalue weighted by Gasteiger charge is 2.21. The van der Waals surface area contributed by atoms with Gasteiger partial charge in [-0.25, -0.2) is 9.78 Å². The van der Waals surface area contributed by atoms with Crippen molar-refractivity contribution in [3.05, 3.63) is 26.7 Å². The van der Waals surface area contributed by atoms with Crippen molar-refractivity contribution in [2.75, 3.05) is 40.0 Å². The predicted molar refractivity (Wildman–Crippen MR) is 88.2 cm³/mol. The fourth-order valence-electron chi connectivity index (χ4n) is 3.00. The molecule has 1 aliphatic rings. The fourth-order valence-corrected chi connectivity index (χ4v) is 3.00. The maximum atomic E-state index is 12.6. The maximum Gasteiger partial charge on any atom is 0.332 e. The number of ether oxygens (including phenoxy) is 2. The minimum absolute atomic E-state index is 0.329. The van der Waals surface area contributed by atoms with E-state index in [1.807, 2.05) is 4.57 Å². The smallest absolute Gasteiger partial charge is 0.332 e. The second kappa shape index (κ2) is 6.88. The fraction of sp³-hybridized carbons (Fsp3) is 0.667. The lowest BCUT2D eigenvalue weighted by Gasteiger charge is -2.26. The average Bonchev–Trinajstić information content (AvgIpc) is 2.95. The SMILES string of the molecule is COCCn1c(CN2CCOCC2)nc2c1c(=O)n(C)c(=O)n2C. The minimum Gasteiger partial charge on any atom is -0.383 e. The summed E-state index contributed by atoms with van der Waals surface area (Å²) in [6, 6.07) is 0. The quantitative estimate of drug-likeness (QED) is 0.690. The van der Waals surface area contributed by atoms with Crippen LogP contribution in [0.3, 0.4) is 0 Å². The van der Waals surface area contributed by atoms with Gasteiger partial charge >= 0.3 is 5.69 Å². The zero-order valence-electron chi connectivity index (χ0n) is 14.3. The molecule has 9 heteroatoms. The molecule has 0 aliphatic carbocycles. The largest absolute Gasteiger partial charge is 0.383 e. The van der Waals surface area contributed by atoms with Crippen molar-refractivity contribution < 1.29 is 9.47 Å². The van der Waals surface area contributed by atoms with Gasteiger partial charge in [-0.05, 0) is 0 Å². The van der Waals surface area contributed by atoms with Crippen LogP contribution in [0.5, 0.6) is 0 Å². The number of aromatic nitrogens is 4. The van der Waals surface area contributed by atoms with Crippen molar-refractivity contribution >= 4 is 11.2 Å². The Morgan fingerprint density at radius 2 is 1.88 bits per heavy atom. The highest BCUT2D eigenvalue weighted by atomic mass is 16.5. The molecular formula is C15H23N5O4. The first kappa shape index (κ1) is 16.9. The lowest BCUT2D eigenvalue weighted by molar-refractivity contribution is 0.0325. The molecule has 1 saturated heterocycles. The Balaban J connectivity index is 2.13. The zero-order valence-corrected chi connectivity index (χ0v) is 14.3. The third kappa shape index (κ3) is 2.90. The van der Waals surface area contributed by atoms with E-state index in [4.69, 9.17) is 9.47 Å². The molecule has 1 fully saturated rings. The Bertz CT molecular complexity index is 844. The summed E-state index contributed by atoms with van der Waals surface area (Å²) in [6.45, 7) is 4.62. The van der Waals surface area contributed by atoms with Crippen LogP contribution in [0, 0.1) is 0 Å². The highest BCUT2D eigenvalue weighted by molar-refractivity contribution is 5.71. The number of hydrogen-bond acceptors (Lipinski definition) is 6. The second-order valence-corrected chi connectivity index (χ2v) is 5.94. The van der Waals surface area contributed by atoms with Crippen molar-refractivity contribution in [2.45, 2.75) is 13.1 Å². The molecule has 0 bridgehead atoms. The summed E-state index contributed by atoms with van der Waals surface area (Å²) in [5.74, 6) is 0.766. The number of methoxy groups -OCH3 is 1. The van der Waals surface area contributed by atoms with E-state index in [1.54, 1.807) is 14.2 Å². The van der Waals surface area contributed by atoms with Gasteiger partial charge < -0.3 is 14.0 Å². The van der Waals surface area contributed by atoms with Crippen molar-refractivity contribution in [3.63, 3.8) is 0 Å². The van der Waals surface area contributed by atoms with E-state index in [2.05, 4.69) is 9.88 Å². The summed E-state index contributed by atoms with van der Waals surface area (Å²) in [5, 5.41) is 0. The van der Waals surface area contributed by atoms with E-state index in [0.29, 0.717) is 44.1 Å². The Kier molecular flexibility index (Phi) is 4.83. The predicted octanol–water partition coefficient (Wildman–Crippen LogP) is -1.09. The van der Waals surface area contributed by atoms with E-state index < -0.39 is 0 Å². The standard InChI is InChI=1S/C15H23N5O4/c1-17-13-12(14(21)18(2)15(17)22)20(6-7-23-3)11(16-13)10-19-4-8-24-9-5-19/h4-10H2,1-3H3. The Hall–Kier alpha value is -1.97. The molecule has 2 aromatic heterocycles. The molecule has 0 N–H and O–H groups in total. The first-order valence-corrected chi connectivity index (χ1v) is 7.98. The van der Waals surface area contributed by atoms with E-state index in [0.717, 1.165) is 23.5 Å². The summed E-state index contributed by atoms with van der Waals surface area (Å²) >= 11 is 0. The maximum absolute atomic E-state index is 12.6. The molecule has 1 aliphatic heterocycles. The van der Waals surface area contributed by atoms with Crippen LogP contribution >= 0.6 is 0 Å². The average molecular weight is 337 g/mol. The lowest BCUT2D eigenvalue weighted by Crippen LogP contribution is -2.38. The molecule has 2 aromatic rings. The number of fused-ring (bicyclic) bond motifs is 1. The van der Waals surface area contributed by atoms with Crippen LogP contribution in [0.1, 0.15) is 5.82 Å². The van der Waals surface area contributed by atoms with Gasteiger partial charge in [0, 0.05) is 40.8 Å². The summed E-state index contributed by atoms with van der Waals surface area (Å²) < 4.78 is 15.0. The Labute approximate surface area is 139 Å². The van der Waals surface area contributed by atoms with Crippen LogP contribution < -0.4 is 11.2 Å². The van der Waals surface area contributed by atoms with E-state index >= 15 is 0 Å². The van der Waals surface area contributed by atoms with E-state index in [9.17, 15) is 9.59 Å². The summed E-state index contributed by atoms with van der Waals surface area (Å²) in [6.07, 6.45) is 0. The van der Waals surface area contributed by atoms with Gasteiger partial charge in [-0.2, -0.15) is 0 Å². The van der Waals surface area contributed by atoms with Gasteiger partial charge in [-0.1, -0.05) is 0 Å². The minimum atomic E-state index is -0.373. The molecule has 0 aromatic carbocycles. The molecule has 132 valence electrons. The molecule has 0 amide bonds. The van der Waals surface area contributed by atoms with Gasteiger partial charge in [0.05, 0.1) is 26.4 Å². The summed E-state index contributed by atoms with van der Waals surface area (Å²) in [7, 11) is 4.74. The van der Waals surface area contributed by atoms with Gasteiger partial charge in [-0.15, -0.1) is 0 Å². The molecule has 0 spiro atoms. The number of aryl methyl sites for hydroxylation is 1. The number of hydrogen-bond donors (Lipinski definition) is 0. The Morgan fingerprint density at radius 1 is 1.17 bits per heavy atom. The first-order valence-electron chi connectivity index (χ1n) is 7.98. The van der Waals surface area contributed by atoms with Crippen LogP contribution in [0.25, 0.3) is 11.2 Å². The monoisotopic (exact) mass is 337 g/mol. The van der Waals surface area contributed by atoms with Gasteiger partial charge in [-0.3, -0.25) is 18.8 Å². The number of rotatable bonds is 5. The van der Waals surface area contributed by atoms with Crippen LogP contribution in [-0.2, 0) is 36.7 Å².